The first-order valence-corrected chi connectivity index (χ1v) is 11.1. The maximum atomic E-state index is 10.1. The second-order valence-corrected chi connectivity index (χ2v) is 8.32. The molecule has 0 radical (unpaired) electrons. The van der Waals surface area contributed by atoms with Crippen LogP contribution in [0.1, 0.15) is 48.3 Å². The third-order valence-corrected chi connectivity index (χ3v) is 6.34. The molecular formula is C23H27N3O2S. The average Bonchev–Trinajstić information content (AvgIpc) is 3.46. The van der Waals surface area contributed by atoms with Crippen LogP contribution in [0.2, 0.25) is 0 Å². The molecule has 0 aliphatic heterocycles. The average molecular weight is 410 g/mol. The van der Waals surface area contributed by atoms with E-state index in [2.05, 4.69) is 27.8 Å². The van der Waals surface area contributed by atoms with E-state index in [1.165, 1.54) is 30.7 Å². The zero-order valence-electron chi connectivity index (χ0n) is 16.5. The van der Waals surface area contributed by atoms with Crippen molar-refractivity contribution in [2.24, 2.45) is 0 Å². The Labute approximate surface area is 175 Å². The number of hydrogen-bond donors (Lipinski definition) is 2. The van der Waals surface area contributed by atoms with Gasteiger partial charge in [-0.1, -0.05) is 18.9 Å². The normalized spacial score (nSPS) is 15.5. The van der Waals surface area contributed by atoms with Crippen molar-refractivity contribution in [2.75, 3.05) is 19.7 Å². The Hall–Kier alpha value is -2.28. The molecule has 3 aromatic rings. The van der Waals surface area contributed by atoms with E-state index < -0.39 is 6.10 Å². The number of benzene rings is 1. The summed E-state index contributed by atoms with van der Waals surface area (Å²) < 4.78 is 5.80. The first-order chi connectivity index (χ1) is 14.3. The van der Waals surface area contributed by atoms with E-state index >= 15 is 0 Å². The van der Waals surface area contributed by atoms with Crippen LogP contribution < -0.4 is 10.1 Å². The van der Waals surface area contributed by atoms with Crippen molar-refractivity contribution in [3.05, 3.63) is 64.7 Å². The Morgan fingerprint density at radius 2 is 2.00 bits per heavy atom. The van der Waals surface area contributed by atoms with Gasteiger partial charge in [-0.15, -0.1) is 11.3 Å². The van der Waals surface area contributed by atoms with Gasteiger partial charge in [0.1, 0.15) is 12.4 Å². The van der Waals surface area contributed by atoms with Crippen LogP contribution in [0.5, 0.6) is 5.75 Å². The van der Waals surface area contributed by atoms with Crippen LogP contribution in [-0.4, -0.2) is 34.8 Å². The number of aliphatic hydroxyl groups is 1. The molecule has 0 saturated heterocycles. The molecule has 1 aromatic carbocycles. The Kier molecular flexibility index (Phi) is 6.87. The maximum absolute atomic E-state index is 10.1. The summed E-state index contributed by atoms with van der Waals surface area (Å²) in [6, 6.07) is 11.8. The molecule has 6 heteroatoms. The molecule has 2 N–H and O–H groups in total. The molecule has 0 bridgehead atoms. The standard InChI is InChI=1S/C23H27N3O2S/c27-22(19-6-3-11-24-14-19)15-25-12-13-28-20-9-7-17(8-10-20)21-16-29-23(26-21)18-4-1-2-5-18/h3,6-11,14,16,18,22,25,27H,1-2,4-5,12-13,15H2/t22-/m0/s1. The monoisotopic (exact) mass is 409 g/mol. The van der Waals surface area contributed by atoms with Gasteiger partial charge in [-0.25, -0.2) is 4.98 Å². The van der Waals surface area contributed by atoms with Crippen LogP contribution in [0.4, 0.5) is 0 Å². The molecule has 0 spiro atoms. The summed E-state index contributed by atoms with van der Waals surface area (Å²) in [5, 5.41) is 16.8. The topological polar surface area (TPSA) is 67.3 Å². The summed E-state index contributed by atoms with van der Waals surface area (Å²) >= 11 is 1.79. The quantitative estimate of drug-likeness (QED) is 0.507. The first kappa shape index (κ1) is 20.0. The smallest absolute Gasteiger partial charge is 0.119 e. The molecule has 152 valence electrons. The first-order valence-electron chi connectivity index (χ1n) is 10.3. The zero-order chi connectivity index (χ0) is 19.9. The maximum Gasteiger partial charge on any atom is 0.119 e. The van der Waals surface area contributed by atoms with Crippen molar-refractivity contribution in [1.29, 1.82) is 0 Å². The number of aliphatic hydroxyl groups excluding tert-OH is 1. The van der Waals surface area contributed by atoms with Crippen molar-refractivity contribution in [1.82, 2.24) is 15.3 Å². The Balaban J connectivity index is 1.21. The number of pyridine rings is 1. The van der Waals surface area contributed by atoms with Gasteiger partial charge < -0.3 is 15.2 Å². The molecule has 1 atom stereocenters. The zero-order valence-corrected chi connectivity index (χ0v) is 17.3. The molecule has 29 heavy (non-hydrogen) atoms. The Morgan fingerprint density at radius 3 is 2.76 bits per heavy atom. The molecule has 0 amide bonds. The SMILES string of the molecule is O[C@@H](CNCCOc1ccc(-c2csc(C3CCCC3)n2)cc1)c1cccnc1. The van der Waals surface area contributed by atoms with Crippen LogP contribution in [0.3, 0.4) is 0 Å². The third-order valence-electron chi connectivity index (χ3n) is 5.33. The predicted octanol–water partition coefficient (Wildman–Crippen LogP) is 4.56. The minimum atomic E-state index is -0.560. The minimum Gasteiger partial charge on any atom is -0.492 e. The molecule has 4 rings (SSSR count). The van der Waals surface area contributed by atoms with Gasteiger partial charge in [0, 0.05) is 47.9 Å². The second-order valence-electron chi connectivity index (χ2n) is 7.43. The van der Waals surface area contributed by atoms with E-state index in [1.54, 1.807) is 23.7 Å². The number of ether oxygens (including phenoxy) is 1. The van der Waals surface area contributed by atoms with E-state index in [1.807, 2.05) is 24.3 Å². The van der Waals surface area contributed by atoms with Crippen molar-refractivity contribution >= 4 is 11.3 Å². The number of aromatic nitrogens is 2. The fraction of sp³-hybridized carbons (Fsp3) is 0.391. The van der Waals surface area contributed by atoms with Gasteiger partial charge in [0.05, 0.1) is 16.8 Å². The molecule has 1 fully saturated rings. The van der Waals surface area contributed by atoms with Gasteiger partial charge in [0.15, 0.2) is 0 Å². The summed E-state index contributed by atoms with van der Waals surface area (Å²) in [6.45, 7) is 1.68. The third kappa shape index (κ3) is 5.41. The van der Waals surface area contributed by atoms with Gasteiger partial charge in [-0.3, -0.25) is 4.98 Å². The largest absolute Gasteiger partial charge is 0.492 e. The molecule has 1 aliphatic rings. The van der Waals surface area contributed by atoms with Crippen molar-refractivity contribution in [3.8, 4) is 17.0 Å². The number of thiazole rings is 1. The fourth-order valence-corrected chi connectivity index (χ4v) is 4.67. The highest BCUT2D eigenvalue weighted by Gasteiger charge is 2.20. The summed E-state index contributed by atoms with van der Waals surface area (Å²) in [5.74, 6) is 1.51. The molecule has 1 saturated carbocycles. The molecule has 2 aromatic heterocycles. The number of rotatable bonds is 9. The van der Waals surface area contributed by atoms with E-state index in [4.69, 9.17) is 9.72 Å². The number of hydrogen-bond acceptors (Lipinski definition) is 6. The van der Waals surface area contributed by atoms with E-state index in [0.717, 1.165) is 22.6 Å². The van der Waals surface area contributed by atoms with Gasteiger partial charge in [0.25, 0.3) is 0 Å². The van der Waals surface area contributed by atoms with Crippen LogP contribution in [0, 0.1) is 0 Å². The molecule has 1 aliphatic carbocycles. The van der Waals surface area contributed by atoms with E-state index in [9.17, 15) is 5.11 Å². The van der Waals surface area contributed by atoms with Gasteiger partial charge in [-0.05, 0) is 43.2 Å². The van der Waals surface area contributed by atoms with Crippen LogP contribution in [0.25, 0.3) is 11.3 Å². The number of nitrogens with zero attached hydrogens (tertiary/aromatic N) is 2. The van der Waals surface area contributed by atoms with Gasteiger partial charge in [0.2, 0.25) is 0 Å². The predicted molar refractivity (Wildman–Crippen MR) is 116 cm³/mol. The van der Waals surface area contributed by atoms with E-state index in [-0.39, 0.29) is 0 Å². The molecular weight excluding hydrogens is 382 g/mol. The van der Waals surface area contributed by atoms with Gasteiger partial charge >= 0.3 is 0 Å². The lowest BCUT2D eigenvalue weighted by atomic mass is 10.1. The second kappa shape index (κ2) is 9.96. The van der Waals surface area contributed by atoms with Gasteiger partial charge in [-0.2, -0.15) is 0 Å². The van der Waals surface area contributed by atoms with Crippen molar-refractivity contribution in [3.63, 3.8) is 0 Å². The molecule has 5 nitrogen and oxygen atoms in total. The van der Waals surface area contributed by atoms with Crippen LogP contribution in [0.15, 0.2) is 54.2 Å². The summed E-state index contributed by atoms with van der Waals surface area (Å²) in [4.78, 5) is 8.88. The van der Waals surface area contributed by atoms with Crippen LogP contribution >= 0.6 is 11.3 Å². The summed E-state index contributed by atoms with van der Waals surface area (Å²) in [6.07, 6.45) is 8.07. The summed E-state index contributed by atoms with van der Waals surface area (Å²) in [7, 11) is 0. The molecule has 2 heterocycles. The highest BCUT2D eigenvalue weighted by Crippen LogP contribution is 2.37. The lowest BCUT2D eigenvalue weighted by Gasteiger charge is -2.12. The Bertz CT molecular complexity index is 877. The Morgan fingerprint density at radius 1 is 1.17 bits per heavy atom. The summed E-state index contributed by atoms with van der Waals surface area (Å²) in [5.41, 5.74) is 3.01. The van der Waals surface area contributed by atoms with Crippen molar-refractivity contribution in [2.45, 2.75) is 37.7 Å². The van der Waals surface area contributed by atoms with Crippen LogP contribution in [-0.2, 0) is 0 Å². The highest BCUT2D eigenvalue weighted by molar-refractivity contribution is 7.10. The number of nitrogens with one attached hydrogen (secondary N) is 1. The van der Waals surface area contributed by atoms with Crippen molar-refractivity contribution < 1.29 is 9.84 Å². The lowest BCUT2D eigenvalue weighted by Crippen LogP contribution is -2.26. The highest BCUT2D eigenvalue weighted by atomic mass is 32.1. The minimum absolute atomic E-state index is 0.473. The fourth-order valence-electron chi connectivity index (χ4n) is 3.67. The lowest BCUT2D eigenvalue weighted by molar-refractivity contribution is 0.171. The van der Waals surface area contributed by atoms with E-state index in [0.29, 0.717) is 25.6 Å². The molecule has 0 unspecified atom stereocenters.